The van der Waals surface area contributed by atoms with Gasteiger partial charge in [-0.25, -0.2) is 0 Å². The molecule has 0 saturated heterocycles. The van der Waals surface area contributed by atoms with E-state index in [2.05, 4.69) is 0 Å². The minimum Gasteiger partial charge on any atom is -0.508 e. The summed E-state index contributed by atoms with van der Waals surface area (Å²) in [7, 11) is 0. The first-order valence-corrected chi connectivity index (χ1v) is 5.24. The van der Waals surface area contributed by atoms with Gasteiger partial charge in [-0.05, 0) is 36.6 Å². The largest absolute Gasteiger partial charge is 0.508 e. The zero-order chi connectivity index (χ0) is 12.1. The molecule has 0 radical (unpaired) electrons. The molecule has 0 fully saturated rings. The smallest absolute Gasteiger partial charge is 0.258 e. The second kappa shape index (κ2) is 5.39. The van der Waals surface area contributed by atoms with Gasteiger partial charge in [0.25, 0.3) is 5.91 Å². The van der Waals surface area contributed by atoms with Crippen LogP contribution in [0.4, 0.5) is 0 Å². The molecule has 0 aromatic heterocycles. The Labute approximate surface area is 95.0 Å². The number of phenols is 1. The van der Waals surface area contributed by atoms with Crippen LogP contribution in [0.3, 0.4) is 0 Å². The van der Waals surface area contributed by atoms with Crippen LogP contribution >= 0.6 is 0 Å². The molecule has 16 heavy (non-hydrogen) atoms. The van der Waals surface area contributed by atoms with Crippen molar-refractivity contribution in [2.45, 2.75) is 26.4 Å². The minimum absolute atomic E-state index is 0.159. The van der Waals surface area contributed by atoms with Crippen LogP contribution in [-0.4, -0.2) is 17.1 Å². The zero-order valence-corrected chi connectivity index (χ0v) is 9.51. The Bertz CT molecular complexity index is 346. The summed E-state index contributed by atoms with van der Waals surface area (Å²) in [5, 5.41) is 9.10. The van der Waals surface area contributed by atoms with E-state index in [4.69, 9.17) is 15.6 Å². The molecule has 0 unspecified atom stereocenters. The predicted octanol–water partition coefficient (Wildman–Crippen LogP) is 1.67. The first-order chi connectivity index (χ1) is 7.49. The third kappa shape index (κ3) is 3.81. The van der Waals surface area contributed by atoms with E-state index in [0.717, 1.165) is 0 Å². The standard InChI is InChI=1S/C12H17NO3/c1-8(2)7-11(12(13)15)16-10-5-3-9(14)4-6-10/h3-6,8,11,14H,7H2,1-2H3,(H2,13,15)/t11-/m1/s1. The van der Waals surface area contributed by atoms with Crippen molar-refractivity contribution < 1.29 is 14.6 Å². The zero-order valence-electron chi connectivity index (χ0n) is 9.51. The lowest BCUT2D eigenvalue weighted by Gasteiger charge is -2.17. The van der Waals surface area contributed by atoms with Crippen molar-refractivity contribution >= 4 is 5.91 Å². The molecule has 1 amide bonds. The van der Waals surface area contributed by atoms with Gasteiger partial charge in [-0.2, -0.15) is 0 Å². The highest BCUT2D eigenvalue weighted by molar-refractivity contribution is 5.79. The highest BCUT2D eigenvalue weighted by Gasteiger charge is 2.18. The van der Waals surface area contributed by atoms with E-state index in [-0.39, 0.29) is 5.75 Å². The molecule has 0 aliphatic carbocycles. The second-order valence-electron chi connectivity index (χ2n) is 4.13. The molecule has 0 saturated carbocycles. The van der Waals surface area contributed by atoms with Crippen molar-refractivity contribution in [3.8, 4) is 11.5 Å². The van der Waals surface area contributed by atoms with Crippen LogP contribution < -0.4 is 10.5 Å². The molecule has 1 aromatic rings. The number of hydrogen-bond acceptors (Lipinski definition) is 3. The number of hydrogen-bond donors (Lipinski definition) is 2. The number of benzene rings is 1. The summed E-state index contributed by atoms with van der Waals surface area (Å²) in [5.74, 6) is 0.547. The maximum atomic E-state index is 11.2. The maximum absolute atomic E-state index is 11.2. The number of carbonyl (C=O) groups is 1. The molecule has 0 bridgehead atoms. The second-order valence-corrected chi connectivity index (χ2v) is 4.13. The Balaban J connectivity index is 2.68. The maximum Gasteiger partial charge on any atom is 0.258 e. The summed E-state index contributed by atoms with van der Waals surface area (Å²) in [6.45, 7) is 3.99. The van der Waals surface area contributed by atoms with Crippen molar-refractivity contribution in [3.63, 3.8) is 0 Å². The minimum atomic E-state index is -0.621. The molecule has 1 rings (SSSR count). The molecule has 1 atom stereocenters. The van der Waals surface area contributed by atoms with Gasteiger partial charge < -0.3 is 15.6 Å². The highest BCUT2D eigenvalue weighted by Crippen LogP contribution is 2.19. The Hall–Kier alpha value is -1.71. The fourth-order valence-corrected chi connectivity index (χ4v) is 1.34. The van der Waals surface area contributed by atoms with E-state index in [9.17, 15) is 4.79 Å². The van der Waals surface area contributed by atoms with Crippen LogP contribution in [0.15, 0.2) is 24.3 Å². The van der Waals surface area contributed by atoms with Crippen molar-refractivity contribution in [2.75, 3.05) is 0 Å². The van der Waals surface area contributed by atoms with Gasteiger partial charge in [-0.1, -0.05) is 13.8 Å². The number of aromatic hydroxyl groups is 1. The molecular weight excluding hydrogens is 206 g/mol. The lowest BCUT2D eigenvalue weighted by atomic mass is 10.1. The summed E-state index contributed by atoms with van der Waals surface area (Å²) in [5.41, 5.74) is 5.25. The van der Waals surface area contributed by atoms with E-state index >= 15 is 0 Å². The van der Waals surface area contributed by atoms with Gasteiger partial charge in [-0.3, -0.25) is 4.79 Å². The number of amides is 1. The predicted molar refractivity (Wildman–Crippen MR) is 61.2 cm³/mol. The number of carbonyl (C=O) groups excluding carboxylic acids is 1. The lowest BCUT2D eigenvalue weighted by molar-refractivity contribution is -0.125. The van der Waals surface area contributed by atoms with Gasteiger partial charge in [0.2, 0.25) is 0 Å². The van der Waals surface area contributed by atoms with Gasteiger partial charge in [0.05, 0.1) is 0 Å². The lowest BCUT2D eigenvalue weighted by Crippen LogP contribution is -2.34. The molecule has 0 spiro atoms. The third-order valence-corrected chi connectivity index (χ3v) is 2.12. The van der Waals surface area contributed by atoms with Gasteiger partial charge >= 0.3 is 0 Å². The Morgan fingerprint density at radius 1 is 1.38 bits per heavy atom. The number of phenolic OH excluding ortho intramolecular Hbond substituents is 1. The first kappa shape index (κ1) is 12.4. The first-order valence-electron chi connectivity index (χ1n) is 5.24. The van der Waals surface area contributed by atoms with E-state index in [0.29, 0.717) is 18.1 Å². The van der Waals surface area contributed by atoms with Crippen LogP contribution in [0.5, 0.6) is 11.5 Å². The van der Waals surface area contributed by atoms with Gasteiger partial charge in [0.15, 0.2) is 6.10 Å². The fraction of sp³-hybridized carbons (Fsp3) is 0.417. The van der Waals surface area contributed by atoms with Gasteiger partial charge in [0, 0.05) is 0 Å². The van der Waals surface area contributed by atoms with Crippen LogP contribution in [0.1, 0.15) is 20.3 Å². The number of primary amides is 1. The number of rotatable bonds is 5. The molecule has 0 aliphatic heterocycles. The quantitative estimate of drug-likeness (QED) is 0.797. The summed E-state index contributed by atoms with van der Waals surface area (Å²) in [6.07, 6.45) is -0.0412. The van der Waals surface area contributed by atoms with Gasteiger partial charge in [0.1, 0.15) is 11.5 Å². The van der Waals surface area contributed by atoms with Crippen molar-refractivity contribution in [1.82, 2.24) is 0 Å². The molecule has 0 heterocycles. The summed E-state index contributed by atoms with van der Waals surface area (Å²) >= 11 is 0. The van der Waals surface area contributed by atoms with Gasteiger partial charge in [-0.15, -0.1) is 0 Å². The molecular formula is C12H17NO3. The van der Waals surface area contributed by atoms with Crippen LogP contribution in [0, 0.1) is 5.92 Å². The third-order valence-electron chi connectivity index (χ3n) is 2.12. The van der Waals surface area contributed by atoms with E-state index in [1.54, 1.807) is 12.1 Å². The molecule has 0 aliphatic rings. The SMILES string of the molecule is CC(C)C[C@@H](Oc1ccc(O)cc1)C(N)=O. The van der Waals surface area contributed by atoms with E-state index < -0.39 is 12.0 Å². The molecule has 3 N–H and O–H groups in total. The summed E-state index contributed by atoms with van der Waals surface area (Å²) < 4.78 is 5.46. The number of ether oxygens (including phenoxy) is 1. The van der Waals surface area contributed by atoms with E-state index in [1.165, 1.54) is 12.1 Å². The number of nitrogens with two attached hydrogens (primary N) is 1. The van der Waals surface area contributed by atoms with Crippen molar-refractivity contribution in [1.29, 1.82) is 0 Å². The van der Waals surface area contributed by atoms with Crippen LogP contribution in [0.25, 0.3) is 0 Å². The van der Waals surface area contributed by atoms with Crippen LogP contribution in [0.2, 0.25) is 0 Å². The van der Waals surface area contributed by atoms with Crippen molar-refractivity contribution in [2.24, 2.45) is 11.7 Å². The molecule has 1 aromatic carbocycles. The van der Waals surface area contributed by atoms with Crippen LogP contribution in [-0.2, 0) is 4.79 Å². The average Bonchev–Trinajstić information content (AvgIpc) is 2.19. The Morgan fingerprint density at radius 2 is 1.94 bits per heavy atom. The van der Waals surface area contributed by atoms with Crippen molar-refractivity contribution in [3.05, 3.63) is 24.3 Å². The monoisotopic (exact) mass is 223 g/mol. The van der Waals surface area contributed by atoms with E-state index in [1.807, 2.05) is 13.8 Å². The molecule has 4 nitrogen and oxygen atoms in total. The summed E-state index contributed by atoms with van der Waals surface area (Å²) in [6, 6.07) is 6.21. The average molecular weight is 223 g/mol. The summed E-state index contributed by atoms with van der Waals surface area (Å²) in [4.78, 5) is 11.2. The fourth-order valence-electron chi connectivity index (χ4n) is 1.34. The normalized spacial score (nSPS) is 12.4. The Morgan fingerprint density at radius 3 is 2.38 bits per heavy atom. The Kier molecular flexibility index (Phi) is 4.17. The molecule has 88 valence electrons. The highest BCUT2D eigenvalue weighted by atomic mass is 16.5. The molecule has 4 heteroatoms. The topological polar surface area (TPSA) is 72.6 Å².